The average molecular weight is 300 g/mol. The Balaban J connectivity index is 1.67. The molecular formula is C14H19Cl2N3. The van der Waals surface area contributed by atoms with Gasteiger partial charge >= 0.3 is 0 Å². The number of hydrogen-bond donors (Lipinski definition) is 1. The number of fused-ring (bicyclic) bond motifs is 2. The summed E-state index contributed by atoms with van der Waals surface area (Å²) >= 11 is 12.1. The zero-order chi connectivity index (χ0) is 13.4. The van der Waals surface area contributed by atoms with Crippen molar-refractivity contribution in [3.8, 4) is 0 Å². The first-order chi connectivity index (χ1) is 9.11. The number of nitrogens with zero attached hydrogens (tertiary/aromatic N) is 2. The van der Waals surface area contributed by atoms with E-state index in [-0.39, 0.29) is 0 Å². The van der Waals surface area contributed by atoms with E-state index in [1.54, 1.807) is 6.07 Å². The molecule has 2 bridgehead atoms. The van der Waals surface area contributed by atoms with Crippen LogP contribution in [0, 0.1) is 0 Å². The van der Waals surface area contributed by atoms with E-state index < -0.39 is 0 Å². The highest BCUT2D eigenvalue weighted by atomic mass is 35.5. The third-order valence-corrected chi connectivity index (χ3v) is 4.91. The summed E-state index contributed by atoms with van der Waals surface area (Å²) in [6.45, 7) is 0.767. The molecule has 0 spiro atoms. The Labute approximate surface area is 124 Å². The maximum absolute atomic E-state index is 6.19. The molecule has 2 aliphatic heterocycles. The topological polar surface area (TPSA) is 28.2 Å². The summed E-state index contributed by atoms with van der Waals surface area (Å²) in [6, 6.07) is 5.59. The second kappa shape index (κ2) is 5.57. The van der Waals surface area contributed by atoms with Crippen LogP contribution in [0.5, 0.6) is 0 Å². The lowest BCUT2D eigenvalue weighted by molar-refractivity contribution is 0.164. The smallest absolute Gasteiger partial charge is 0.129 e. The molecule has 1 aromatic rings. The zero-order valence-corrected chi connectivity index (χ0v) is 12.6. The Morgan fingerprint density at radius 1 is 1.26 bits per heavy atom. The maximum atomic E-state index is 6.19. The summed E-state index contributed by atoms with van der Waals surface area (Å²) in [4.78, 5) is 6.71. The normalized spacial score (nSPS) is 30.0. The van der Waals surface area contributed by atoms with Gasteiger partial charge in [-0.1, -0.05) is 23.2 Å². The lowest BCUT2D eigenvalue weighted by Crippen LogP contribution is -2.46. The van der Waals surface area contributed by atoms with Gasteiger partial charge in [0.2, 0.25) is 0 Å². The van der Waals surface area contributed by atoms with E-state index in [0.29, 0.717) is 28.3 Å². The van der Waals surface area contributed by atoms with Gasteiger partial charge in [-0.3, -0.25) is 4.90 Å². The minimum absolute atomic E-state index is 0.512. The number of piperidine rings is 1. The van der Waals surface area contributed by atoms with Crippen molar-refractivity contribution in [2.45, 2.75) is 50.4 Å². The molecule has 3 nitrogen and oxygen atoms in total. The predicted molar refractivity (Wildman–Crippen MR) is 78.7 cm³/mol. The van der Waals surface area contributed by atoms with Gasteiger partial charge in [0.05, 0.1) is 10.7 Å². The van der Waals surface area contributed by atoms with Crippen molar-refractivity contribution < 1.29 is 0 Å². The average Bonchev–Trinajstić information content (AvgIpc) is 2.72. The fraction of sp³-hybridized carbons (Fsp3) is 0.643. The first kappa shape index (κ1) is 13.6. The van der Waals surface area contributed by atoms with Crippen LogP contribution in [0.25, 0.3) is 0 Å². The lowest BCUT2D eigenvalue weighted by atomic mass is 9.98. The van der Waals surface area contributed by atoms with E-state index in [2.05, 4.69) is 22.2 Å². The van der Waals surface area contributed by atoms with Gasteiger partial charge in [-0.25, -0.2) is 4.98 Å². The molecule has 0 amide bonds. The quantitative estimate of drug-likeness (QED) is 0.869. The van der Waals surface area contributed by atoms with E-state index >= 15 is 0 Å². The Hall–Kier alpha value is -0.350. The molecule has 3 rings (SSSR count). The van der Waals surface area contributed by atoms with Gasteiger partial charge in [0.1, 0.15) is 5.15 Å². The maximum Gasteiger partial charge on any atom is 0.129 e. The van der Waals surface area contributed by atoms with Crippen LogP contribution in [-0.2, 0) is 6.54 Å². The Morgan fingerprint density at radius 3 is 2.63 bits per heavy atom. The highest BCUT2D eigenvalue weighted by Crippen LogP contribution is 2.30. The van der Waals surface area contributed by atoms with Crippen LogP contribution in [0.2, 0.25) is 10.2 Å². The summed E-state index contributed by atoms with van der Waals surface area (Å²) in [5.74, 6) is 0. The molecule has 1 N–H and O–H groups in total. The number of halogens is 2. The van der Waals surface area contributed by atoms with Crippen LogP contribution >= 0.6 is 23.2 Å². The van der Waals surface area contributed by atoms with E-state index in [1.165, 1.54) is 25.7 Å². The molecule has 104 valence electrons. The number of nitrogens with one attached hydrogen (secondary N) is 1. The van der Waals surface area contributed by atoms with Crippen molar-refractivity contribution in [2.75, 3.05) is 7.05 Å². The van der Waals surface area contributed by atoms with Gasteiger partial charge in [0, 0.05) is 24.7 Å². The van der Waals surface area contributed by atoms with Crippen molar-refractivity contribution in [1.82, 2.24) is 15.2 Å². The second-order valence-electron chi connectivity index (χ2n) is 5.74. The van der Waals surface area contributed by atoms with Gasteiger partial charge < -0.3 is 5.32 Å². The van der Waals surface area contributed by atoms with Crippen LogP contribution in [0.1, 0.15) is 31.4 Å². The summed E-state index contributed by atoms with van der Waals surface area (Å²) in [5, 5.41) is 4.88. The third kappa shape index (κ3) is 3.05. The number of hydrogen-bond acceptors (Lipinski definition) is 3. The number of rotatable bonds is 3. The molecule has 2 saturated heterocycles. The highest BCUT2D eigenvalue weighted by molar-refractivity contribution is 6.32. The summed E-state index contributed by atoms with van der Waals surface area (Å²) < 4.78 is 0. The second-order valence-corrected chi connectivity index (χ2v) is 6.54. The van der Waals surface area contributed by atoms with E-state index in [0.717, 1.165) is 12.2 Å². The minimum Gasteiger partial charge on any atom is -0.311 e. The van der Waals surface area contributed by atoms with E-state index in [9.17, 15) is 0 Å². The number of pyridine rings is 1. The van der Waals surface area contributed by atoms with Crippen LogP contribution in [0.15, 0.2) is 12.1 Å². The molecule has 1 aromatic heterocycles. The fourth-order valence-corrected chi connectivity index (χ4v) is 3.65. The van der Waals surface area contributed by atoms with Gasteiger partial charge in [0.15, 0.2) is 0 Å². The van der Waals surface area contributed by atoms with Gasteiger partial charge in [-0.2, -0.15) is 0 Å². The Kier molecular flexibility index (Phi) is 3.99. The van der Waals surface area contributed by atoms with Crippen LogP contribution in [0.4, 0.5) is 0 Å². The van der Waals surface area contributed by atoms with Gasteiger partial charge in [-0.15, -0.1) is 0 Å². The summed E-state index contributed by atoms with van der Waals surface area (Å²) in [6.07, 6.45) is 5.10. The van der Waals surface area contributed by atoms with Crippen molar-refractivity contribution >= 4 is 23.2 Å². The van der Waals surface area contributed by atoms with Crippen molar-refractivity contribution in [3.05, 3.63) is 28.0 Å². The molecule has 0 radical (unpaired) electrons. The minimum atomic E-state index is 0.512. The lowest BCUT2D eigenvalue weighted by Gasteiger charge is -2.35. The van der Waals surface area contributed by atoms with Gasteiger partial charge in [-0.05, 0) is 44.9 Å². The summed E-state index contributed by atoms with van der Waals surface area (Å²) in [7, 11) is 2.16. The molecule has 0 saturated carbocycles. The van der Waals surface area contributed by atoms with Crippen LogP contribution in [0.3, 0.4) is 0 Å². The molecule has 2 atom stereocenters. The molecule has 0 aromatic carbocycles. The molecule has 2 unspecified atom stereocenters. The SMILES string of the molecule is CN(Cc1nc(Cl)ccc1Cl)C1CC2CCC(C1)N2. The molecule has 3 heterocycles. The van der Waals surface area contributed by atoms with E-state index in [1.807, 2.05) is 6.07 Å². The Morgan fingerprint density at radius 2 is 1.95 bits per heavy atom. The van der Waals surface area contributed by atoms with Crippen molar-refractivity contribution in [1.29, 1.82) is 0 Å². The first-order valence-electron chi connectivity index (χ1n) is 6.89. The molecule has 0 aliphatic carbocycles. The molecule has 2 fully saturated rings. The monoisotopic (exact) mass is 299 g/mol. The first-order valence-corrected chi connectivity index (χ1v) is 7.64. The van der Waals surface area contributed by atoms with Crippen LogP contribution < -0.4 is 5.32 Å². The standard InChI is InChI=1S/C14H19Cl2N3/c1-19(8-13-12(15)4-5-14(16)18-13)11-6-9-2-3-10(7-11)17-9/h4-5,9-11,17H,2-3,6-8H2,1H3. The largest absolute Gasteiger partial charge is 0.311 e. The molecule has 2 aliphatic rings. The van der Waals surface area contributed by atoms with Crippen molar-refractivity contribution in [2.24, 2.45) is 0 Å². The van der Waals surface area contributed by atoms with Crippen LogP contribution in [-0.4, -0.2) is 35.1 Å². The third-order valence-electron chi connectivity index (χ3n) is 4.36. The fourth-order valence-electron chi connectivity index (χ4n) is 3.32. The molecule has 5 heteroatoms. The molecule has 19 heavy (non-hydrogen) atoms. The predicted octanol–water partition coefficient (Wildman–Crippen LogP) is 3.10. The van der Waals surface area contributed by atoms with E-state index in [4.69, 9.17) is 23.2 Å². The molecular weight excluding hydrogens is 281 g/mol. The van der Waals surface area contributed by atoms with Gasteiger partial charge in [0.25, 0.3) is 0 Å². The van der Waals surface area contributed by atoms with Crippen molar-refractivity contribution in [3.63, 3.8) is 0 Å². The number of aromatic nitrogens is 1. The highest BCUT2D eigenvalue weighted by Gasteiger charge is 2.35. The Bertz CT molecular complexity index is 454. The summed E-state index contributed by atoms with van der Waals surface area (Å²) in [5.41, 5.74) is 0.877. The zero-order valence-electron chi connectivity index (χ0n) is 11.1.